The molecule has 2 aliphatic rings. The summed E-state index contributed by atoms with van der Waals surface area (Å²) in [5.41, 5.74) is 1.53. The molecular formula is C15H31N3O10S2. The summed E-state index contributed by atoms with van der Waals surface area (Å²) in [6.07, 6.45) is 1.99. The Morgan fingerprint density at radius 1 is 1.03 bits per heavy atom. The molecule has 2 fully saturated rings. The molecular weight excluding hydrogens is 446 g/mol. The van der Waals surface area contributed by atoms with Crippen LogP contribution < -0.4 is 5.64 Å². The maximum Gasteiger partial charge on any atom is 0.170 e. The zero-order valence-corrected chi connectivity index (χ0v) is 17.7. The first-order valence-corrected chi connectivity index (χ1v) is 11.6. The molecule has 13 nitrogen and oxygen atoms in total. The number of nitrogens with zero attached hydrogens (tertiary/aromatic N) is 2. The van der Waals surface area contributed by atoms with Crippen molar-refractivity contribution in [3.8, 4) is 0 Å². The summed E-state index contributed by atoms with van der Waals surface area (Å²) >= 11 is -2.94. The second-order valence-electron chi connectivity index (χ2n) is 6.26. The van der Waals surface area contributed by atoms with Gasteiger partial charge >= 0.3 is 0 Å². The first kappa shape index (κ1) is 29.3. The average molecular weight is 478 g/mol. The van der Waals surface area contributed by atoms with Gasteiger partial charge in [0.25, 0.3) is 0 Å². The minimum atomic E-state index is -1.66. The summed E-state index contributed by atoms with van der Waals surface area (Å²) in [7, 11) is 0. The van der Waals surface area contributed by atoms with Gasteiger partial charge < -0.3 is 10.2 Å². The minimum Gasteiger partial charge on any atom is -0.367 e. The van der Waals surface area contributed by atoms with E-state index in [4.69, 9.17) is 24.0 Å². The summed E-state index contributed by atoms with van der Waals surface area (Å²) in [6, 6.07) is -1.14. The molecule has 0 radical (unpaired) electrons. The molecule has 2 heterocycles. The summed E-state index contributed by atoms with van der Waals surface area (Å²) in [4.78, 5) is 26.8. The van der Waals surface area contributed by atoms with Crippen molar-refractivity contribution in [3.05, 3.63) is 0 Å². The van der Waals surface area contributed by atoms with Crippen molar-refractivity contribution in [2.45, 2.75) is 51.5 Å². The van der Waals surface area contributed by atoms with Crippen LogP contribution in [0.4, 0.5) is 0 Å². The van der Waals surface area contributed by atoms with Crippen LogP contribution in [0, 0.1) is 0 Å². The van der Waals surface area contributed by atoms with Crippen LogP contribution in [-0.2, 0) is 45.2 Å². The maximum absolute atomic E-state index is 11.2. The van der Waals surface area contributed by atoms with E-state index in [1.54, 1.807) is 0 Å². The lowest BCUT2D eigenvalue weighted by atomic mass is 10.0. The predicted molar refractivity (Wildman–Crippen MR) is 106 cm³/mol. The van der Waals surface area contributed by atoms with Crippen LogP contribution in [0.2, 0.25) is 0 Å². The molecule has 0 saturated carbocycles. The number of ketones is 2. The lowest BCUT2D eigenvalue weighted by Gasteiger charge is -2.33. The highest BCUT2D eigenvalue weighted by Crippen LogP contribution is 2.17. The summed E-state index contributed by atoms with van der Waals surface area (Å²) in [5, 5.41) is 28.8. The van der Waals surface area contributed by atoms with E-state index >= 15 is 0 Å². The highest BCUT2D eigenvalue weighted by Gasteiger charge is 2.33. The van der Waals surface area contributed by atoms with Crippen LogP contribution >= 0.6 is 0 Å². The number of aliphatic hydroxyl groups excluding tert-OH is 1. The Hall–Kier alpha value is -0.720. The van der Waals surface area contributed by atoms with Crippen LogP contribution in [0.25, 0.3) is 0 Å². The quantitative estimate of drug-likeness (QED) is 0.231. The lowest BCUT2D eigenvalue weighted by molar-refractivity contribution is -0.191. The number of hydrogen-bond acceptors (Lipinski definition) is 13. The lowest BCUT2D eigenvalue weighted by Crippen LogP contribution is -2.49. The number of carbonyl (C=O) groups excluding carboxylic acids is 2. The van der Waals surface area contributed by atoms with E-state index in [-0.39, 0.29) is 57.4 Å². The van der Waals surface area contributed by atoms with Crippen LogP contribution in [0.5, 0.6) is 0 Å². The van der Waals surface area contributed by atoms with Gasteiger partial charge in [0.2, 0.25) is 0 Å². The van der Waals surface area contributed by atoms with Crippen molar-refractivity contribution in [1.29, 1.82) is 0 Å². The van der Waals surface area contributed by atoms with Crippen molar-refractivity contribution >= 4 is 33.7 Å². The van der Waals surface area contributed by atoms with Crippen molar-refractivity contribution in [2.24, 2.45) is 0 Å². The second-order valence-corrected chi connectivity index (χ2v) is 8.16. The highest BCUT2D eigenvalue weighted by atomic mass is 32.2. The van der Waals surface area contributed by atoms with Gasteiger partial charge in [0.1, 0.15) is 11.6 Å². The van der Waals surface area contributed by atoms with E-state index in [1.807, 2.05) is 0 Å². The predicted octanol–water partition coefficient (Wildman–Crippen LogP) is -1.65. The van der Waals surface area contributed by atoms with Gasteiger partial charge in [0, 0.05) is 51.3 Å². The zero-order valence-electron chi connectivity index (χ0n) is 16.1. The fourth-order valence-corrected chi connectivity index (χ4v) is 3.63. The largest absolute Gasteiger partial charge is 0.367 e. The molecule has 0 aliphatic carbocycles. The van der Waals surface area contributed by atoms with Gasteiger partial charge in [-0.3, -0.25) is 19.6 Å². The van der Waals surface area contributed by atoms with Crippen LogP contribution in [0.3, 0.4) is 0 Å². The number of Topliss-reactive ketones (excluding diaryl/α,β-unsaturated/α-hetero) is 2. The Balaban J connectivity index is 0.000000544. The molecule has 0 aromatic heterocycles. The number of hydrogen-bond donors (Lipinski definition) is 4. The zero-order chi connectivity index (χ0) is 22.0. The molecule has 4 atom stereocenters. The van der Waals surface area contributed by atoms with Crippen molar-refractivity contribution in [3.63, 3.8) is 0 Å². The molecule has 0 bridgehead atoms. The Bertz CT molecular complexity index is 595. The summed E-state index contributed by atoms with van der Waals surface area (Å²) < 4.78 is 31.5. The Labute approximate surface area is 180 Å². The molecule has 2 aliphatic heterocycles. The third-order valence-corrected chi connectivity index (χ3v) is 4.79. The molecule has 0 aromatic rings. The SMILES string of the molecule is C.CS(=O)ON1CCC(=O)CC1C(O)O.CS(=O)ON1CCC(=O)CC1CONO. The van der Waals surface area contributed by atoms with Gasteiger partial charge in [-0.05, 0) is 0 Å². The third kappa shape index (κ3) is 11.1. The number of aliphatic hydroxyl groups is 2. The molecule has 30 heavy (non-hydrogen) atoms. The Morgan fingerprint density at radius 3 is 2.03 bits per heavy atom. The van der Waals surface area contributed by atoms with E-state index in [0.29, 0.717) is 13.0 Å². The van der Waals surface area contributed by atoms with Gasteiger partial charge in [-0.1, -0.05) is 13.1 Å². The molecule has 2 saturated heterocycles. The van der Waals surface area contributed by atoms with Crippen LogP contribution in [0.1, 0.15) is 33.1 Å². The van der Waals surface area contributed by atoms with Gasteiger partial charge in [-0.15, -0.1) is 0 Å². The van der Waals surface area contributed by atoms with Crippen molar-refractivity contribution in [2.75, 3.05) is 32.2 Å². The van der Waals surface area contributed by atoms with Gasteiger partial charge in [0.05, 0.1) is 18.7 Å². The first-order chi connectivity index (χ1) is 13.6. The van der Waals surface area contributed by atoms with E-state index < -0.39 is 34.5 Å². The molecule has 178 valence electrons. The standard InChI is InChI=1S/C7H14N2O5S.C7H13NO5S.CH4/c1-15(12)14-9-3-2-7(10)4-6(9)5-13-8-11;1-14(12)13-8-3-2-5(9)4-6(8)7(10)11;/h6,8,11H,2-5H2,1H3;6-7,10-11H,2-4H2,1H3;1H4. The number of nitrogens with one attached hydrogen (secondary N) is 1. The normalized spacial score (nSPS) is 25.3. The smallest absolute Gasteiger partial charge is 0.170 e. The first-order valence-electron chi connectivity index (χ1n) is 8.61. The molecule has 2 rings (SSSR count). The molecule has 4 N–H and O–H groups in total. The summed E-state index contributed by atoms with van der Waals surface area (Å²) in [6.45, 7) is 0.706. The van der Waals surface area contributed by atoms with E-state index in [1.165, 1.54) is 28.3 Å². The van der Waals surface area contributed by atoms with E-state index in [2.05, 4.69) is 4.84 Å². The van der Waals surface area contributed by atoms with Crippen molar-refractivity contribution < 1.29 is 46.8 Å². The second kappa shape index (κ2) is 15.1. The third-order valence-electron chi connectivity index (χ3n) is 3.99. The fraction of sp³-hybridized carbons (Fsp3) is 0.867. The van der Waals surface area contributed by atoms with Gasteiger partial charge in [-0.2, -0.15) is 18.7 Å². The molecule has 0 aromatic carbocycles. The number of piperidine rings is 2. The van der Waals surface area contributed by atoms with Crippen LogP contribution in [-0.4, -0.2) is 96.1 Å². The Morgan fingerprint density at radius 2 is 1.53 bits per heavy atom. The molecule has 4 unspecified atom stereocenters. The molecule has 0 amide bonds. The highest BCUT2D eigenvalue weighted by molar-refractivity contribution is 7.79. The molecule has 15 heteroatoms. The summed E-state index contributed by atoms with van der Waals surface area (Å²) in [5.74, 6) is 0.0492. The molecule has 0 spiro atoms. The number of hydroxylamine groups is 4. The minimum absolute atomic E-state index is 0. The van der Waals surface area contributed by atoms with Crippen LogP contribution in [0.15, 0.2) is 0 Å². The maximum atomic E-state index is 11.2. The Kier molecular flexibility index (Phi) is 14.8. The fourth-order valence-electron chi connectivity index (χ4n) is 2.71. The van der Waals surface area contributed by atoms with Gasteiger partial charge in [-0.25, -0.2) is 8.42 Å². The van der Waals surface area contributed by atoms with Crippen molar-refractivity contribution in [1.82, 2.24) is 15.8 Å². The topological polar surface area (TPSA) is 175 Å². The monoisotopic (exact) mass is 477 g/mol. The number of rotatable bonds is 8. The number of carbonyl (C=O) groups is 2. The van der Waals surface area contributed by atoms with Gasteiger partial charge in [0.15, 0.2) is 28.5 Å². The van der Waals surface area contributed by atoms with E-state index in [9.17, 15) is 18.0 Å². The van der Waals surface area contributed by atoms with E-state index in [0.717, 1.165) is 0 Å². The average Bonchev–Trinajstić information content (AvgIpc) is 2.63.